The first kappa shape index (κ1) is 13.8. The maximum absolute atomic E-state index is 13.1. The van der Waals surface area contributed by atoms with Crippen molar-refractivity contribution in [3.63, 3.8) is 0 Å². The van der Waals surface area contributed by atoms with E-state index in [2.05, 4.69) is 14.8 Å². The van der Waals surface area contributed by atoms with E-state index in [1.165, 1.54) is 18.5 Å². The number of aryl methyl sites for hydroxylation is 1. The highest BCUT2D eigenvalue weighted by Gasteiger charge is 2.16. The lowest BCUT2D eigenvalue weighted by Gasteiger charge is -2.16. The molecule has 0 saturated heterocycles. The van der Waals surface area contributed by atoms with Gasteiger partial charge in [-0.25, -0.2) is 23.6 Å². The van der Waals surface area contributed by atoms with Crippen molar-refractivity contribution in [3.8, 4) is 0 Å². The van der Waals surface area contributed by atoms with Gasteiger partial charge in [-0.05, 0) is 48.4 Å². The first-order valence-electron chi connectivity index (χ1n) is 5.68. The Labute approximate surface area is 114 Å². The molecule has 19 heavy (non-hydrogen) atoms. The minimum Gasteiger partial charge on any atom is -0.245 e. The van der Waals surface area contributed by atoms with Gasteiger partial charge >= 0.3 is 0 Å². The van der Waals surface area contributed by atoms with Crippen LogP contribution in [0.2, 0.25) is 0 Å². The van der Waals surface area contributed by atoms with Crippen LogP contribution in [0.1, 0.15) is 22.9 Å². The molecule has 2 rings (SSSR count). The summed E-state index contributed by atoms with van der Waals surface area (Å²) >= 11 is 5.71. The molecule has 0 bridgehead atoms. The molecule has 0 radical (unpaired) electrons. The fourth-order valence-corrected chi connectivity index (χ4v) is 2.11. The largest absolute Gasteiger partial charge is 0.245 e. The standard InChI is InChI=1S/C13H12ClF2N3/c1-8-6-17-7-18-13(8)12(19-14)4-9-2-10(15)5-11(16)3-9/h2-3,5-7,12,19H,4H2,1H3/t12-/m1/s1. The van der Waals surface area contributed by atoms with Gasteiger partial charge in [-0.2, -0.15) is 0 Å². The molecule has 1 atom stereocenters. The molecule has 1 aromatic carbocycles. The Morgan fingerprint density at radius 3 is 2.53 bits per heavy atom. The Morgan fingerprint density at radius 2 is 1.95 bits per heavy atom. The van der Waals surface area contributed by atoms with Gasteiger partial charge in [-0.1, -0.05) is 0 Å². The Balaban J connectivity index is 2.26. The van der Waals surface area contributed by atoms with Gasteiger partial charge in [0.1, 0.15) is 18.0 Å². The lowest BCUT2D eigenvalue weighted by Crippen LogP contribution is -2.17. The summed E-state index contributed by atoms with van der Waals surface area (Å²) < 4.78 is 26.3. The van der Waals surface area contributed by atoms with E-state index >= 15 is 0 Å². The quantitative estimate of drug-likeness (QED) is 0.876. The number of halogens is 3. The van der Waals surface area contributed by atoms with Crippen LogP contribution >= 0.6 is 11.8 Å². The van der Waals surface area contributed by atoms with Crippen molar-refractivity contribution in [1.29, 1.82) is 0 Å². The molecule has 2 aromatic rings. The molecule has 0 aliphatic carbocycles. The lowest BCUT2D eigenvalue weighted by molar-refractivity contribution is 0.571. The Hall–Kier alpha value is -1.59. The zero-order valence-corrected chi connectivity index (χ0v) is 11.0. The predicted molar refractivity (Wildman–Crippen MR) is 68.6 cm³/mol. The van der Waals surface area contributed by atoms with Gasteiger partial charge < -0.3 is 0 Å². The van der Waals surface area contributed by atoms with Gasteiger partial charge in [0.15, 0.2) is 0 Å². The smallest absolute Gasteiger partial charge is 0.126 e. The monoisotopic (exact) mass is 283 g/mol. The number of nitrogens with zero attached hydrogens (tertiary/aromatic N) is 2. The molecule has 3 nitrogen and oxygen atoms in total. The summed E-state index contributed by atoms with van der Waals surface area (Å²) in [7, 11) is 0. The summed E-state index contributed by atoms with van der Waals surface area (Å²) in [6.45, 7) is 1.85. The van der Waals surface area contributed by atoms with Gasteiger partial charge in [-0.3, -0.25) is 0 Å². The highest BCUT2D eigenvalue weighted by Crippen LogP contribution is 2.20. The van der Waals surface area contributed by atoms with Gasteiger partial charge in [-0.15, -0.1) is 0 Å². The lowest BCUT2D eigenvalue weighted by atomic mass is 10.0. The summed E-state index contributed by atoms with van der Waals surface area (Å²) in [5.41, 5.74) is 2.07. The molecular weight excluding hydrogens is 272 g/mol. The molecular formula is C13H12ClF2N3. The Bertz CT molecular complexity index is 557. The highest BCUT2D eigenvalue weighted by molar-refractivity contribution is 6.13. The number of benzene rings is 1. The molecule has 1 N–H and O–H groups in total. The second-order valence-corrected chi connectivity index (χ2v) is 4.45. The number of hydrogen-bond acceptors (Lipinski definition) is 3. The van der Waals surface area contributed by atoms with Crippen LogP contribution < -0.4 is 4.84 Å². The normalized spacial score (nSPS) is 12.4. The molecule has 1 heterocycles. The van der Waals surface area contributed by atoms with Crippen molar-refractivity contribution < 1.29 is 8.78 Å². The first-order valence-corrected chi connectivity index (χ1v) is 6.05. The zero-order chi connectivity index (χ0) is 13.8. The fourth-order valence-electron chi connectivity index (χ4n) is 1.92. The molecule has 100 valence electrons. The SMILES string of the molecule is Cc1cncnc1[C@@H](Cc1cc(F)cc(F)c1)NCl. The molecule has 0 unspecified atom stereocenters. The van der Waals surface area contributed by atoms with E-state index in [1.54, 1.807) is 6.20 Å². The summed E-state index contributed by atoms with van der Waals surface area (Å²) in [6.07, 6.45) is 3.40. The van der Waals surface area contributed by atoms with Crippen molar-refractivity contribution in [3.05, 3.63) is 59.2 Å². The van der Waals surface area contributed by atoms with Crippen molar-refractivity contribution in [2.24, 2.45) is 0 Å². The summed E-state index contributed by atoms with van der Waals surface area (Å²) in [4.78, 5) is 10.6. The van der Waals surface area contributed by atoms with Gasteiger partial charge in [0.05, 0.1) is 11.7 Å². The molecule has 0 saturated carbocycles. The van der Waals surface area contributed by atoms with Crippen LogP contribution in [-0.2, 0) is 6.42 Å². The summed E-state index contributed by atoms with van der Waals surface area (Å²) in [5, 5.41) is 0. The van der Waals surface area contributed by atoms with Crippen molar-refractivity contribution in [2.45, 2.75) is 19.4 Å². The van der Waals surface area contributed by atoms with Crippen molar-refractivity contribution in [1.82, 2.24) is 14.8 Å². The van der Waals surface area contributed by atoms with Crippen LogP contribution in [0.25, 0.3) is 0 Å². The minimum absolute atomic E-state index is 0.329. The number of hydrogen-bond donors (Lipinski definition) is 1. The third-order valence-corrected chi connectivity index (χ3v) is 3.02. The predicted octanol–water partition coefficient (Wildman–Crippen LogP) is 3.09. The number of rotatable bonds is 4. The highest BCUT2D eigenvalue weighted by atomic mass is 35.5. The maximum Gasteiger partial charge on any atom is 0.126 e. The third kappa shape index (κ3) is 3.45. The molecule has 0 amide bonds. The average molecular weight is 284 g/mol. The van der Waals surface area contributed by atoms with Crippen LogP contribution in [-0.4, -0.2) is 9.97 Å². The fraction of sp³-hybridized carbons (Fsp3) is 0.231. The average Bonchev–Trinajstić information content (AvgIpc) is 2.36. The van der Waals surface area contributed by atoms with Gasteiger partial charge in [0.2, 0.25) is 0 Å². The molecule has 0 fully saturated rings. The molecule has 6 heteroatoms. The molecule has 0 aliphatic heterocycles. The second-order valence-electron chi connectivity index (χ2n) is 4.23. The number of aromatic nitrogens is 2. The van der Waals surface area contributed by atoms with E-state index in [-0.39, 0.29) is 6.04 Å². The minimum atomic E-state index is -0.609. The maximum atomic E-state index is 13.1. The molecule has 1 aromatic heterocycles. The van der Waals surface area contributed by atoms with E-state index in [9.17, 15) is 8.78 Å². The van der Waals surface area contributed by atoms with Crippen LogP contribution in [0.5, 0.6) is 0 Å². The van der Waals surface area contributed by atoms with Gasteiger partial charge in [0, 0.05) is 12.3 Å². The van der Waals surface area contributed by atoms with Crippen LogP contribution in [0.4, 0.5) is 8.78 Å². The molecule has 0 aliphatic rings. The summed E-state index contributed by atoms with van der Waals surface area (Å²) in [6, 6.07) is 3.05. The Morgan fingerprint density at radius 1 is 1.26 bits per heavy atom. The topological polar surface area (TPSA) is 37.8 Å². The van der Waals surface area contributed by atoms with E-state index < -0.39 is 11.6 Å². The second kappa shape index (κ2) is 6.04. The zero-order valence-electron chi connectivity index (χ0n) is 10.2. The van der Waals surface area contributed by atoms with Crippen molar-refractivity contribution >= 4 is 11.8 Å². The molecule has 0 spiro atoms. The van der Waals surface area contributed by atoms with Crippen LogP contribution in [0.15, 0.2) is 30.7 Å². The van der Waals surface area contributed by atoms with Crippen LogP contribution in [0, 0.1) is 18.6 Å². The summed E-state index contributed by atoms with van der Waals surface area (Å²) in [5.74, 6) is -1.22. The van der Waals surface area contributed by atoms with E-state index in [1.807, 2.05) is 6.92 Å². The van der Waals surface area contributed by atoms with Crippen LogP contribution in [0.3, 0.4) is 0 Å². The number of nitrogens with one attached hydrogen (secondary N) is 1. The van der Waals surface area contributed by atoms with E-state index in [0.29, 0.717) is 17.7 Å². The third-order valence-electron chi connectivity index (χ3n) is 2.76. The first-order chi connectivity index (χ1) is 9.10. The van der Waals surface area contributed by atoms with E-state index in [0.717, 1.165) is 11.6 Å². The van der Waals surface area contributed by atoms with E-state index in [4.69, 9.17) is 11.8 Å². The van der Waals surface area contributed by atoms with Gasteiger partial charge in [0.25, 0.3) is 0 Å². The van der Waals surface area contributed by atoms with Crippen molar-refractivity contribution in [2.75, 3.05) is 0 Å². The Kier molecular flexibility index (Phi) is 4.39.